The molecule has 3 aliphatic carbocycles. The van der Waals surface area contributed by atoms with Crippen molar-refractivity contribution in [2.75, 3.05) is 18.0 Å². The molecule has 1 spiro atoms. The third kappa shape index (κ3) is 3.94. The Morgan fingerprint density at radius 3 is 2.51 bits per heavy atom. The third-order valence-corrected chi connectivity index (χ3v) is 8.29. The van der Waals surface area contributed by atoms with Crippen molar-refractivity contribution in [2.24, 2.45) is 0 Å². The van der Waals surface area contributed by atoms with Gasteiger partial charge in [-0.05, 0) is 102 Å². The maximum Gasteiger partial charge on any atom is 0.0679 e. The van der Waals surface area contributed by atoms with Crippen molar-refractivity contribution in [1.29, 1.82) is 0 Å². The zero-order chi connectivity index (χ0) is 26.0. The van der Waals surface area contributed by atoms with Gasteiger partial charge < -0.3 is 4.90 Å². The lowest BCUT2D eigenvalue weighted by Crippen LogP contribution is -2.28. The minimum Gasteiger partial charge on any atom is -0.367 e. The van der Waals surface area contributed by atoms with Gasteiger partial charge in [-0.1, -0.05) is 92.1 Å². The van der Waals surface area contributed by atoms with Crippen LogP contribution in [0.2, 0.25) is 0 Å². The second-order valence-corrected chi connectivity index (χ2v) is 10.1. The molecule has 2 aromatic carbocycles. The van der Waals surface area contributed by atoms with E-state index in [9.17, 15) is 0 Å². The Morgan fingerprint density at radius 2 is 1.78 bits per heavy atom. The Balaban J connectivity index is 1.70. The van der Waals surface area contributed by atoms with E-state index in [2.05, 4.69) is 124 Å². The van der Waals surface area contributed by atoms with Crippen LogP contribution in [0.5, 0.6) is 0 Å². The van der Waals surface area contributed by atoms with Gasteiger partial charge in [-0.15, -0.1) is 0 Å². The van der Waals surface area contributed by atoms with Crippen LogP contribution in [0.15, 0.2) is 144 Å². The number of likely N-dealkylation sites (N-methyl/N-ethyl adjacent to an activating group) is 1. The largest absolute Gasteiger partial charge is 0.367 e. The molecule has 1 atom stereocenters. The Kier molecular flexibility index (Phi) is 6.89. The maximum absolute atomic E-state index is 4.22. The van der Waals surface area contributed by atoms with Gasteiger partial charge in [-0.25, -0.2) is 0 Å². The van der Waals surface area contributed by atoms with Crippen molar-refractivity contribution in [3.63, 3.8) is 0 Å². The zero-order valence-electron chi connectivity index (χ0n) is 22.4. The SMILES string of the molecule is C=C/C=C\C1=C(C)C2=C(C=CCC2)C12C(C)=C(/C=C(\C=C)CN(CC)c1ccccc1)c1ccccc12. The van der Waals surface area contributed by atoms with Crippen LogP contribution in [0, 0.1) is 0 Å². The summed E-state index contributed by atoms with van der Waals surface area (Å²) in [5, 5.41) is 0. The van der Waals surface area contributed by atoms with E-state index < -0.39 is 0 Å². The van der Waals surface area contributed by atoms with Crippen LogP contribution in [0.25, 0.3) is 5.57 Å². The van der Waals surface area contributed by atoms with Gasteiger partial charge in [0.05, 0.1) is 5.41 Å². The number of allylic oxidation sites excluding steroid dienone is 12. The number of benzene rings is 2. The molecule has 0 aliphatic heterocycles. The average Bonchev–Trinajstić information content (AvgIpc) is 3.34. The highest BCUT2D eigenvalue weighted by Gasteiger charge is 2.51. The summed E-state index contributed by atoms with van der Waals surface area (Å²) in [7, 11) is 0. The van der Waals surface area contributed by atoms with Gasteiger partial charge >= 0.3 is 0 Å². The molecule has 0 amide bonds. The van der Waals surface area contributed by atoms with Crippen LogP contribution < -0.4 is 4.90 Å². The summed E-state index contributed by atoms with van der Waals surface area (Å²) in [6.07, 6.45) is 17.7. The standard InChI is InChI=1S/C36H37N/c1-6-9-21-33-26(4)30-19-13-15-22-34(30)36(33)27(5)32(31-20-14-16-23-35(31)36)24-28(7-2)25-37(8-3)29-17-11-10-12-18-29/h6-7,9-12,14-18,20-24H,1-2,8,13,19,25H2,3-5H3/b21-9-,28-24+. The highest BCUT2D eigenvalue weighted by Crippen LogP contribution is 2.62. The van der Waals surface area contributed by atoms with Crippen molar-refractivity contribution >= 4 is 11.3 Å². The van der Waals surface area contributed by atoms with Crippen molar-refractivity contribution in [3.05, 3.63) is 155 Å². The molecule has 0 fully saturated rings. The van der Waals surface area contributed by atoms with E-state index in [0.29, 0.717) is 0 Å². The fourth-order valence-electron chi connectivity index (χ4n) is 6.54. The quantitative estimate of drug-likeness (QED) is 0.338. The fourth-order valence-corrected chi connectivity index (χ4v) is 6.54. The number of fused-ring (bicyclic) bond motifs is 3. The molecule has 5 rings (SSSR count). The van der Waals surface area contributed by atoms with Crippen LogP contribution >= 0.6 is 0 Å². The van der Waals surface area contributed by atoms with E-state index >= 15 is 0 Å². The van der Waals surface area contributed by atoms with Crippen molar-refractivity contribution in [3.8, 4) is 0 Å². The third-order valence-electron chi connectivity index (χ3n) is 8.29. The van der Waals surface area contributed by atoms with Gasteiger partial charge in [0.25, 0.3) is 0 Å². The van der Waals surface area contributed by atoms with E-state index in [4.69, 9.17) is 0 Å². The Morgan fingerprint density at radius 1 is 1.03 bits per heavy atom. The molecule has 0 radical (unpaired) electrons. The van der Waals surface area contributed by atoms with Gasteiger partial charge in [-0.3, -0.25) is 0 Å². The first-order valence-corrected chi connectivity index (χ1v) is 13.4. The smallest absolute Gasteiger partial charge is 0.0679 e. The van der Waals surface area contributed by atoms with Gasteiger partial charge in [0, 0.05) is 18.8 Å². The van der Waals surface area contributed by atoms with Gasteiger partial charge in [0.2, 0.25) is 0 Å². The lowest BCUT2D eigenvalue weighted by Gasteiger charge is -2.34. The van der Waals surface area contributed by atoms with Gasteiger partial charge in [-0.2, -0.15) is 0 Å². The molecular formula is C36H37N. The van der Waals surface area contributed by atoms with Crippen LogP contribution in [-0.2, 0) is 5.41 Å². The monoisotopic (exact) mass is 483 g/mol. The molecule has 1 heteroatoms. The zero-order valence-corrected chi connectivity index (χ0v) is 22.4. The average molecular weight is 484 g/mol. The second-order valence-electron chi connectivity index (χ2n) is 10.1. The molecule has 37 heavy (non-hydrogen) atoms. The predicted molar refractivity (Wildman–Crippen MR) is 161 cm³/mol. The highest BCUT2D eigenvalue weighted by atomic mass is 15.1. The van der Waals surface area contributed by atoms with E-state index in [-0.39, 0.29) is 5.41 Å². The molecule has 0 bridgehead atoms. The minimum absolute atomic E-state index is 0.256. The van der Waals surface area contributed by atoms with Crippen LogP contribution in [0.4, 0.5) is 5.69 Å². The predicted octanol–water partition coefficient (Wildman–Crippen LogP) is 9.07. The molecule has 3 aliphatic rings. The first-order chi connectivity index (χ1) is 18.1. The molecule has 2 aromatic rings. The summed E-state index contributed by atoms with van der Waals surface area (Å²) in [6, 6.07) is 19.6. The number of para-hydroxylation sites is 1. The normalized spacial score (nSPS) is 20.8. The molecule has 0 saturated heterocycles. The van der Waals surface area contributed by atoms with E-state index in [1.54, 1.807) is 0 Å². The molecule has 0 heterocycles. The summed E-state index contributed by atoms with van der Waals surface area (Å²) < 4.78 is 0. The molecule has 1 unspecified atom stereocenters. The highest BCUT2D eigenvalue weighted by molar-refractivity contribution is 5.93. The van der Waals surface area contributed by atoms with Crippen LogP contribution in [-0.4, -0.2) is 13.1 Å². The first-order valence-electron chi connectivity index (χ1n) is 13.4. The lowest BCUT2D eigenvalue weighted by molar-refractivity contribution is 0.743. The maximum atomic E-state index is 4.22. The summed E-state index contributed by atoms with van der Waals surface area (Å²) in [5.41, 5.74) is 13.4. The Labute approximate surface area is 222 Å². The van der Waals surface area contributed by atoms with Gasteiger partial charge in [0.1, 0.15) is 0 Å². The number of nitrogens with zero attached hydrogens (tertiary/aromatic N) is 1. The Hall–Kier alpha value is -3.84. The van der Waals surface area contributed by atoms with Crippen molar-refractivity contribution in [1.82, 2.24) is 0 Å². The number of hydrogen-bond acceptors (Lipinski definition) is 1. The lowest BCUT2D eigenvalue weighted by atomic mass is 9.67. The van der Waals surface area contributed by atoms with Crippen LogP contribution in [0.1, 0.15) is 44.7 Å². The van der Waals surface area contributed by atoms with E-state index in [1.807, 2.05) is 12.2 Å². The number of rotatable bonds is 8. The minimum atomic E-state index is -0.256. The molecule has 186 valence electrons. The second kappa shape index (κ2) is 10.3. The summed E-state index contributed by atoms with van der Waals surface area (Å²) in [6.45, 7) is 16.8. The van der Waals surface area contributed by atoms with Gasteiger partial charge in [0.15, 0.2) is 0 Å². The first kappa shape index (κ1) is 24.8. The Bertz CT molecular complexity index is 1420. The molecule has 0 aromatic heterocycles. The van der Waals surface area contributed by atoms with E-state index in [0.717, 1.165) is 25.9 Å². The number of hydrogen-bond donors (Lipinski definition) is 0. The summed E-state index contributed by atoms with van der Waals surface area (Å²) >= 11 is 0. The summed E-state index contributed by atoms with van der Waals surface area (Å²) in [4.78, 5) is 2.41. The molecular weight excluding hydrogens is 446 g/mol. The number of anilines is 1. The fraction of sp³-hybridized carbons (Fsp3) is 0.222. The molecule has 0 N–H and O–H groups in total. The molecule has 0 saturated carbocycles. The molecule has 1 nitrogen and oxygen atoms in total. The van der Waals surface area contributed by atoms with Crippen molar-refractivity contribution < 1.29 is 0 Å². The summed E-state index contributed by atoms with van der Waals surface area (Å²) in [5.74, 6) is 0. The van der Waals surface area contributed by atoms with Crippen molar-refractivity contribution in [2.45, 2.75) is 39.0 Å². The topological polar surface area (TPSA) is 3.24 Å². The van der Waals surface area contributed by atoms with Crippen LogP contribution in [0.3, 0.4) is 0 Å². The van der Waals surface area contributed by atoms with E-state index in [1.165, 1.54) is 55.8 Å².